The van der Waals surface area contributed by atoms with Crippen LogP contribution in [-0.4, -0.2) is 57.1 Å². The van der Waals surface area contributed by atoms with Crippen LogP contribution in [0, 0.1) is 0 Å². The minimum Gasteiger partial charge on any atom is -0.351 e. The third kappa shape index (κ3) is 5.20. The molecule has 0 bridgehead atoms. The molecule has 0 aromatic carbocycles. The van der Waals surface area contributed by atoms with E-state index in [-0.39, 0.29) is 36.0 Å². The lowest BCUT2D eigenvalue weighted by atomic mass is 9.94. The van der Waals surface area contributed by atoms with Crippen LogP contribution in [0.5, 0.6) is 0 Å². The number of hydrogen-bond acceptors (Lipinski definition) is 4. The van der Waals surface area contributed by atoms with Crippen LogP contribution in [0.1, 0.15) is 105 Å². The quantitative estimate of drug-likeness (QED) is 0.541. The van der Waals surface area contributed by atoms with Crippen LogP contribution >= 0.6 is 0 Å². The van der Waals surface area contributed by atoms with Gasteiger partial charge in [0.25, 0.3) is 11.8 Å². The lowest BCUT2D eigenvalue weighted by Crippen LogP contribution is -2.65. The zero-order chi connectivity index (χ0) is 24.1. The monoisotopic (exact) mass is 469 g/mol. The van der Waals surface area contributed by atoms with E-state index in [2.05, 4.69) is 28.7 Å². The van der Waals surface area contributed by atoms with Crippen molar-refractivity contribution in [1.82, 2.24) is 25.3 Å². The maximum absolute atomic E-state index is 13.5. The highest BCUT2D eigenvalue weighted by atomic mass is 16.2. The molecule has 1 aromatic rings. The van der Waals surface area contributed by atoms with Crippen molar-refractivity contribution in [3.63, 3.8) is 0 Å². The molecule has 8 heteroatoms. The van der Waals surface area contributed by atoms with E-state index < -0.39 is 5.54 Å². The van der Waals surface area contributed by atoms with E-state index in [4.69, 9.17) is 0 Å². The van der Waals surface area contributed by atoms with Gasteiger partial charge in [-0.15, -0.1) is 0 Å². The molecule has 4 rings (SSSR count). The highest BCUT2D eigenvalue weighted by molar-refractivity contribution is 6.01. The number of unbranched alkanes of at least 4 members (excludes halogenated alkanes) is 1. The Morgan fingerprint density at radius 1 is 1.21 bits per heavy atom. The summed E-state index contributed by atoms with van der Waals surface area (Å²) in [5, 5.41) is 10.6. The number of carbonyl (C=O) groups is 3. The number of nitrogens with zero attached hydrogens (tertiary/aromatic N) is 3. The molecule has 34 heavy (non-hydrogen) atoms. The number of carbonyl (C=O) groups excluding carboxylic acids is 3. The predicted molar refractivity (Wildman–Crippen MR) is 130 cm³/mol. The molecule has 3 amide bonds. The smallest absolute Gasteiger partial charge is 0.273 e. The van der Waals surface area contributed by atoms with E-state index in [1.165, 1.54) is 18.4 Å². The van der Waals surface area contributed by atoms with Crippen LogP contribution in [0.4, 0.5) is 0 Å². The van der Waals surface area contributed by atoms with Gasteiger partial charge in [0.05, 0.1) is 6.54 Å². The Hall–Kier alpha value is -2.64. The predicted octanol–water partition coefficient (Wildman–Crippen LogP) is 3.58. The molecule has 1 fully saturated rings. The Balaban J connectivity index is 1.48. The number of amides is 3. The number of fused-ring (bicyclic) bond motifs is 1. The van der Waals surface area contributed by atoms with Crippen molar-refractivity contribution in [3.05, 3.63) is 29.1 Å². The van der Waals surface area contributed by atoms with Gasteiger partial charge >= 0.3 is 0 Å². The summed E-state index contributed by atoms with van der Waals surface area (Å²) >= 11 is 0. The SMILES string of the molecule is CCCCN1C(=O)c2cc(C(=O)NCCC3=CCCCC3)nn2C[C@]1(C)C(=O)NC1CCCC1. The standard InChI is InChI=1S/C26H39N5O3/c1-3-4-16-30-24(33)22-17-21(23(32)27-15-14-19-10-6-5-7-11-19)29-31(22)18-26(30,2)25(34)28-20-12-8-9-13-20/h10,17,20H,3-9,11-16,18H2,1-2H3,(H,27,32)(H,28,34)/t26-/m1/s1. The summed E-state index contributed by atoms with van der Waals surface area (Å²) in [5.41, 5.74) is 0.982. The summed E-state index contributed by atoms with van der Waals surface area (Å²) < 4.78 is 1.55. The highest BCUT2D eigenvalue weighted by Crippen LogP contribution is 2.29. The van der Waals surface area contributed by atoms with E-state index in [1.807, 2.05) is 6.92 Å². The molecule has 0 radical (unpaired) electrons. The number of nitrogens with one attached hydrogen (secondary N) is 2. The van der Waals surface area contributed by atoms with Gasteiger partial charge in [0.1, 0.15) is 11.2 Å². The summed E-state index contributed by atoms with van der Waals surface area (Å²) in [6, 6.07) is 1.75. The fourth-order valence-electron chi connectivity index (χ4n) is 5.39. The molecule has 1 aromatic heterocycles. The second-order valence-corrected chi connectivity index (χ2v) is 10.2. The van der Waals surface area contributed by atoms with Gasteiger partial charge in [-0.3, -0.25) is 19.1 Å². The summed E-state index contributed by atoms with van der Waals surface area (Å²) in [6.07, 6.45) is 13.8. The Labute approximate surface area is 202 Å². The highest BCUT2D eigenvalue weighted by Gasteiger charge is 2.48. The van der Waals surface area contributed by atoms with Crippen molar-refractivity contribution < 1.29 is 14.4 Å². The van der Waals surface area contributed by atoms with Crippen molar-refractivity contribution in [2.75, 3.05) is 13.1 Å². The van der Waals surface area contributed by atoms with Gasteiger partial charge < -0.3 is 15.5 Å². The number of hydrogen-bond donors (Lipinski definition) is 2. The molecule has 1 atom stereocenters. The van der Waals surface area contributed by atoms with Crippen LogP contribution in [0.25, 0.3) is 0 Å². The van der Waals surface area contributed by atoms with E-state index in [1.54, 1.807) is 15.6 Å². The molecular formula is C26H39N5O3. The topological polar surface area (TPSA) is 96.3 Å². The first kappa shape index (κ1) is 24.5. The molecule has 1 aliphatic heterocycles. The van der Waals surface area contributed by atoms with E-state index in [9.17, 15) is 14.4 Å². The van der Waals surface area contributed by atoms with Crippen LogP contribution in [0.2, 0.25) is 0 Å². The molecule has 186 valence electrons. The summed E-state index contributed by atoms with van der Waals surface area (Å²) in [7, 11) is 0. The Kier molecular flexibility index (Phi) is 7.73. The Morgan fingerprint density at radius 2 is 2.00 bits per heavy atom. The van der Waals surface area contributed by atoms with E-state index in [0.717, 1.165) is 57.8 Å². The van der Waals surface area contributed by atoms with Crippen molar-refractivity contribution in [3.8, 4) is 0 Å². The zero-order valence-electron chi connectivity index (χ0n) is 20.7. The van der Waals surface area contributed by atoms with Gasteiger partial charge in [-0.2, -0.15) is 5.10 Å². The number of allylic oxidation sites excluding steroid dienone is 1. The van der Waals surface area contributed by atoms with Crippen LogP contribution in [0.15, 0.2) is 17.7 Å². The summed E-state index contributed by atoms with van der Waals surface area (Å²) in [4.78, 5) is 41.4. The first-order valence-electron chi connectivity index (χ1n) is 13.1. The van der Waals surface area contributed by atoms with Crippen LogP contribution < -0.4 is 10.6 Å². The van der Waals surface area contributed by atoms with Gasteiger partial charge in [-0.25, -0.2) is 0 Å². The third-order valence-electron chi connectivity index (χ3n) is 7.56. The zero-order valence-corrected chi connectivity index (χ0v) is 20.7. The molecule has 3 aliphatic rings. The molecule has 2 aliphatic carbocycles. The van der Waals surface area contributed by atoms with Crippen LogP contribution in [0.3, 0.4) is 0 Å². The molecule has 2 heterocycles. The molecule has 0 spiro atoms. The number of rotatable bonds is 9. The fourth-order valence-corrected chi connectivity index (χ4v) is 5.39. The lowest BCUT2D eigenvalue weighted by Gasteiger charge is -2.43. The maximum Gasteiger partial charge on any atom is 0.273 e. The average molecular weight is 470 g/mol. The minimum absolute atomic E-state index is 0.128. The van der Waals surface area contributed by atoms with Gasteiger partial charge in [-0.1, -0.05) is 37.8 Å². The van der Waals surface area contributed by atoms with Gasteiger partial charge in [0, 0.05) is 25.2 Å². The molecule has 1 saturated carbocycles. The number of aromatic nitrogens is 2. The van der Waals surface area contributed by atoms with Crippen molar-refractivity contribution >= 4 is 17.7 Å². The summed E-state index contributed by atoms with van der Waals surface area (Å²) in [6.45, 7) is 5.21. The average Bonchev–Trinajstić information content (AvgIpc) is 3.49. The van der Waals surface area contributed by atoms with Crippen LogP contribution in [-0.2, 0) is 11.3 Å². The van der Waals surface area contributed by atoms with Gasteiger partial charge in [0.2, 0.25) is 5.91 Å². The first-order valence-corrected chi connectivity index (χ1v) is 13.1. The molecule has 0 saturated heterocycles. The van der Waals surface area contributed by atoms with Crippen molar-refractivity contribution in [2.45, 2.75) is 103 Å². The van der Waals surface area contributed by atoms with Crippen molar-refractivity contribution in [2.24, 2.45) is 0 Å². The summed E-state index contributed by atoms with van der Waals surface area (Å²) in [5.74, 6) is -0.636. The minimum atomic E-state index is -1.03. The van der Waals surface area contributed by atoms with Gasteiger partial charge in [0.15, 0.2) is 5.69 Å². The molecule has 0 unspecified atom stereocenters. The third-order valence-corrected chi connectivity index (χ3v) is 7.56. The molecular weight excluding hydrogens is 430 g/mol. The van der Waals surface area contributed by atoms with Gasteiger partial charge in [-0.05, 0) is 58.3 Å². The molecule has 8 nitrogen and oxygen atoms in total. The maximum atomic E-state index is 13.5. The van der Waals surface area contributed by atoms with E-state index in [0.29, 0.717) is 18.8 Å². The largest absolute Gasteiger partial charge is 0.351 e. The Bertz CT molecular complexity index is 946. The lowest BCUT2D eigenvalue weighted by molar-refractivity contribution is -0.133. The first-order chi connectivity index (χ1) is 16.4. The molecule has 2 N–H and O–H groups in total. The Morgan fingerprint density at radius 3 is 2.71 bits per heavy atom. The normalized spacial score (nSPS) is 22.9. The van der Waals surface area contributed by atoms with Crippen molar-refractivity contribution in [1.29, 1.82) is 0 Å². The second-order valence-electron chi connectivity index (χ2n) is 10.2. The fraction of sp³-hybridized carbons (Fsp3) is 0.692. The second kappa shape index (κ2) is 10.7. The van der Waals surface area contributed by atoms with E-state index >= 15 is 0 Å².